The molecule has 1 aliphatic heterocycles. The highest BCUT2D eigenvalue weighted by Gasteiger charge is 2.29. The number of hydrogen-bond acceptors (Lipinski definition) is 4. The summed E-state index contributed by atoms with van der Waals surface area (Å²) in [5.74, 6) is 0.343. The molecule has 1 aromatic heterocycles. The highest BCUT2D eigenvalue weighted by molar-refractivity contribution is 7.91. The summed E-state index contributed by atoms with van der Waals surface area (Å²) in [6, 6.07) is 9.17. The molecule has 0 bridgehead atoms. The first-order valence-electron chi connectivity index (χ1n) is 6.62. The van der Waals surface area contributed by atoms with Crippen LogP contribution in [-0.4, -0.2) is 30.7 Å². The Morgan fingerprint density at radius 1 is 1.30 bits per heavy atom. The van der Waals surface area contributed by atoms with Gasteiger partial charge in [0.25, 0.3) is 0 Å². The number of pyridine rings is 1. The molecule has 0 amide bonds. The van der Waals surface area contributed by atoms with Gasteiger partial charge in [-0.1, -0.05) is 6.07 Å². The molecule has 104 valence electrons. The molecule has 0 saturated carbocycles. The van der Waals surface area contributed by atoms with Crippen molar-refractivity contribution in [1.82, 2.24) is 4.98 Å². The number of benzene rings is 1. The number of ketones is 1. The van der Waals surface area contributed by atoms with Crippen LogP contribution in [0.25, 0.3) is 10.9 Å². The second kappa shape index (κ2) is 4.98. The second-order valence-electron chi connectivity index (χ2n) is 5.31. The lowest BCUT2D eigenvalue weighted by Crippen LogP contribution is -2.10. The van der Waals surface area contributed by atoms with Crippen molar-refractivity contribution in [3.05, 3.63) is 42.1 Å². The summed E-state index contributed by atoms with van der Waals surface area (Å²) in [6.07, 6.45) is 2.63. The van der Waals surface area contributed by atoms with Gasteiger partial charge in [-0.25, -0.2) is 8.42 Å². The maximum atomic E-state index is 12.2. The summed E-state index contributed by atoms with van der Waals surface area (Å²) in [4.78, 5) is 16.5. The molecule has 3 rings (SSSR count). The van der Waals surface area contributed by atoms with Gasteiger partial charge in [0.2, 0.25) is 0 Å². The highest BCUT2D eigenvalue weighted by Crippen LogP contribution is 2.24. The first kappa shape index (κ1) is 13.2. The molecule has 2 aromatic rings. The molecule has 1 unspecified atom stereocenters. The summed E-state index contributed by atoms with van der Waals surface area (Å²) in [5, 5.41) is 0.928. The van der Waals surface area contributed by atoms with Crippen LogP contribution in [-0.2, 0) is 9.84 Å². The van der Waals surface area contributed by atoms with E-state index in [0.717, 1.165) is 10.9 Å². The van der Waals surface area contributed by atoms with Crippen molar-refractivity contribution in [3.8, 4) is 0 Å². The monoisotopic (exact) mass is 289 g/mol. The fourth-order valence-corrected chi connectivity index (χ4v) is 4.52. The lowest BCUT2D eigenvalue weighted by atomic mass is 9.97. The van der Waals surface area contributed by atoms with Gasteiger partial charge in [0.1, 0.15) is 0 Å². The minimum absolute atomic E-state index is 0.0119. The Hall–Kier alpha value is -1.75. The average molecular weight is 289 g/mol. The second-order valence-corrected chi connectivity index (χ2v) is 7.54. The van der Waals surface area contributed by atoms with Gasteiger partial charge >= 0.3 is 0 Å². The van der Waals surface area contributed by atoms with Gasteiger partial charge < -0.3 is 0 Å². The lowest BCUT2D eigenvalue weighted by molar-refractivity contribution is 0.0966. The van der Waals surface area contributed by atoms with E-state index in [-0.39, 0.29) is 23.2 Å². The van der Waals surface area contributed by atoms with E-state index in [9.17, 15) is 13.2 Å². The molecule has 1 aromatic carbocycles. The van der Waals surface area contributed by atoms with Gasteiger partial charge in [0, 0.05) is 23.6 Å². The molecule has 1 atom stereocenters. The molecule has 1 saturated heterocycles. The van der Waals surface area contributed by atoms with Crippen LogP contribution < -0.4 is 0 Å². The molecule has 5 heteroatoms. The molecule has 0 N–H and O–H groups in total. The van der Waals surface area contributed by atoms with Crippen molar-refractivity contribution in [1.29, 1.82) is 0 Å². The SMILES string of the molecule is O=C(CC1CCS(=O)(=O)C1)c1ccc2ncccc2c1. The number of aromatic nitrogens is 1. The first-order chi connectivity index (χ1) is 9.53. The highest BCUT2D eigenvalue weighted by atomic mass is 32.2. The fraction of sp³-hybridized carbons (Fsp3) is 0.333. The van der Waals surface area contributed by atoms with Gasteiger partial charge in [0.05, 0.1) is 17.0 Å². The van der Waals surface area contributed by atoms with E-state index in [2.05, 4.69) is 4.98 Å². The van der Waals surface area contributed by atoms with Gasteiger partial charge in [0.15, 0.2) is 15.6 Å². The van der Waals surface area contributed by atoms with E-state index >= 15 is 0 Å². The average Bonchev–Trinajstić information content (AvgIpc) is 2.77. The zero-order valence-corrected chi connectivity index (χ0v) is 11.8. The fourth-order valence-electron chi connectivity index (χ4n) is 2.66. The van der Waals surface area contributed by atoms with Crippen LogP contribution in [0.2, 0.25) is 0 Å². The summed E-state index contributed by atoms with van der Waals surface area (Å²) < 4.78 is 22.8. The Kier molecular flexibility index (Phi) is 3.30. The standard InChI is InChI=1S/C15H15NO3S/c17-15(8-11-5-7-20(18,19)10-11)13-3-4-14-12(9-13)2-1-6-16-14/h1-4,6,9,11H,5,7-8,10H2. The molecular formula is C15H15NO3S. The van der Waals surface area contributed by atoms with Crippen LogP contribution in [0.15, 0.2) is 36.5 Å². The number of Topliss-reactive ketones (excluding diaryl/α,β-unsaturated/α-hetero) is 1. The van der Waals surface area contributed by atoms with E-state index in [1.165, 1.54) is 0 Å². The van der Waals surface area contributed by atoms with E-state index in [1.807, 2.05) is 24.3 Å². The largest absolute Gasteiger partial charge is 0.294 e. The quantitative estimate of drug-likeness (QED) is 0.813. The molecule has 0 radical (unpaired) electrons. The van der Waals surface area contributed by atoms with Crippen LogP contribution in [0.5, 0.6) is 0 Å². The minimum Gasteiger partial charge on any atom is -0.294 e. The molecule has 0 aliphatic carbocycles. The Morgan fingerprint density at radius 3 is 2.90 bits per heavy atom. The first-order valence-corrected chi connectivity index (χ1v) is 8.44. The Morgan fingerprint density at radius 2 is 2.15 bits per heavy atom. The summed E-state index contributed by atoms with van der Waals surface area (Å²) >= 11 is 0. The van der Waals surface area contributed by atoms with Crippen molar-refractivity contribution in [2.75, 3.05) is 11.5 Å². The molecule has 4 nitrogen and oxygen atoms in total. The molecule has 2 heterocycles. The van der Waals surface area contributed by atoms with Crippen molar-refractivity contribution < 1.29 is 13.2 Å². The number of hydrogen-bond donors (Lipinski definition) is 0. The van der Waals surface area contributed by atoms with Crippen molar-refractivity contribution in [2.24, 2.45) is 5.92 Å². The normalized spacial score (nSPS) is 21.1. The van der Waals surface area contributed by atoms with Crippen LogP contribution >= 0.6 is 0 Å². The molecule has 1 fully saturated rings. The maximum absolute atomic E-state index is 12.2. The van der Waals surface area contributed by atoms with Crippen LogP contribution in [0.3, 0.4) is 0 Å². The zero-order valence-electron chi connectivity index (χ0n) is 11.0. The number of carbonyl (C=O) groups excluding carboxylic acids is 1. The van der Waals surface area contributed by atoms with E-state index < -0.39 is 9.84 Å². The van der Waals surface area contributed by atoms with E-state index in [1.54, 1.807) is 12.3 Å². The van der Waals surface area contributed by atoms with E-state index in [0.29, 0.717) is 18.4 Å². The Balaban J connectivity index is 1.79. The topological polar surface area (TPSA) is 64.1 Å². The number of fused-ring (bicyclic) bond motifs is 1. The van der Waals surface area contributed by atoms with Crippen LogP contribution in [0, 0.1) is 5.92 Å². The molecule has 20 heavy (non-hydrogen) atoms. The van der Waals surface area contributed by atoms with Gasteiger partial charge in [-0.05, 0) is 36.6 Å². The third-order valence-electron chi connectivity index (χ3n) is 3.73. The predicted octanol–water partition coefficient (Wildman–Crippen LogP) is 2.24. The number of rotatable bonds is 3. The van der Waals surface area contributed by atoms with Crippen molar-refractivity contribution in [2.45, 2.75) is 12.8 Å². The van der Waals surface area contributed by atoms with Crippen LogP contribution in [0.1, 0.15) is 23.2 Å². The molecule has 0 spiro atoms. The Bertz CT molecular complexity index is 768. The van der Waals surface area contributed by atoms with Gasteiger partial charge in [-0.2, -0.15) is 0 Å². The molecular weight excluding hydrogens is 274 g/mol. The zero-order chi connectivity index (χ0) is 14.2. The number of sulfone groups is 1. The van der Waals surface area contributed by atoms with Gasteiger partial charge in [-0.3, -0.25) is 9.78 Å². The number of nitrogens with zero attached hydrogens (tertiary/aromatic N) is 1. The smallest absolute Gasteiger partial charge is 0.163 e. The summed E-state index contributed by atoms with van der Waals surface area (Å²) in [5.41, 5.74) is 1.49. The van der Waals surface area contributed by atoms with E-state index in [4.69, 9.17) is 0 Å². The lowest BCUT2D eigenvalue weighted by Gasteiger charge is -2.07. The number of carbonyl (C=O) groups is 1. The van der Waals surface area contributed by atoms with Gasteiger partial charge in [-0.15, -0.1) is 0 Å². The third kappa shape index (κ3) is 2.72. The minimum atomic E-state index is -2.92. The van der Waals surface area contributed by atoms with Crippen LogP contribution in [0.4, 0.5) is 0 Å². The van der Waals surface area contributed by atoms with Crippen molar-refractivity contribution in [3.63, 3.8) is 0 Å². The third-order valence-corrected chi connectivity index (χ3v) is 5.56. The predicted molar refractivity (Wildman–Crippen MR) is 77.5 cm³/mol. The summed E-state index contributed by atoms with van der Waals surface area (Å²) in [6.45, 7) is 0. The maximum Gasteiger partial charge on any atom is 0.163 e. The molecule has 1 aliphatic rings. The Labute approximate surface area is 117 Å². The van der Waals surface area contributed by atoms with Crippen molar-refractivity contribution >= 4 is 26.5 Å². The summed E-state index contributed by atoms with van der Waals surface area (Å²) in [7, 11) is -2.92.